The van der Waals surface area contributed by atoms with Gasteiger partial charge in [-0.25, -0.2) is 0 Å². The predicted molar refractivity (Wildman–Crippen MR) is 38.8 cm³/mol. The molecule has 0 aromatic rings. The zero-order chi connectivity index (χ0) is 7.49. The van der Waals surface area contributed by atoms with Crippen LogP contribution in [-0.4, -0.2) is 0 Å². The Bertz CT molecular complexity index is 119. The molecular weight excluding hydrogens is 110 g/mol. The lowest BCUT2D eigenvalue weighted by atomic mass is 9.80. The lowest BCUT2D eigenvalue weighted by Gasteiger charge is -2.22. The second-order valence-electron chi connectivity index (χ2n) is 3.14. The van der Waals surface area contributed by atoms with E-state index >= 15 is 0 Å². The highest BCUT2D eigenvalue weighted by atomic mass is 14.3. The normalized spacial score (nSPS) is 14.6. The molecule has 0 aliphatic heterocycles. The average Bonchev–Trinajstić information content (AvgIpc) is 1.86. The summed E-state index contributed by atoms with van der Waals surface area (Å²) >= 11 is 0. The van der Waals surface area contributed by atoms with Crippen LogP contribution in [0.2, 0.25) is 0 Å². The molecule has 1 atom stereocenters. The highest BCUT2D eigenvalue weighted by Crippen LogP contribution is 2.27. The zero-order valence-electron chi connectivity index (χ0n) is 6.73. The molecule has 9 heavy (non-hydrogen) atoms. The van der Waals surface area contributed by atoms with Gasteiger partial charge in [-0.15, -0.1) is 0 Å². The Hall–Kier alpha value is -0.510. The maximum absolute atomic E-state index is 8.65. The van der Waals surface area contributed by atoms with E-state index in [1.807, 2.05) is 13.8 Å². The predicted octanol–water partition coefficient (Wildman–Crippen LogP) is 2.58. The van der Waals surface area contributed by atoms with Crippen LogP contribution in [0, 0.1) is 22.7 Å². The van der Waals surface area contributed by atoms with Crippen molar-refractivity contribution in [2.45, 2.75) is 34.1 Å². The monoisotopic (exact) mass is 125 g/mol. The fourth-order valence-electron chi connectivity index (χ4n) is 0.621. The highest BCUT2D eigenvalue weighted by molar-refractivity contribution is 4.94. The molecule has 0 heterocycles. The first kappa shape index (κ1) is 8.49. The smallest absolute Gasteiger partial charge is 0.0686 e. The van der Waals surface area contributed by atoms with Crippen LogP contribution in [0.5, 0.6) is 0 Å². The maximum Gasteiger partial charge on any atom is 0.0686 e. The van der Waals surface area contributed by atoms with Crippen molar-refractivity contribution in [2.24, 2.45) is 11.3 Å². The van der Waals surface area contributed by atoms with Gasteiger partial charge in [-0.05, 0) is 19.8 Å². The largest absolute Gasteiger partial charge is 0.198 e. The molecule has 0 N–H and O–H groups in total. The van der Waals surface area contributed by atoms with Gasteiger partial charge in [-0.1, -0.05) is 20.3 Å². The van der Waals surface area contributed by atoms with Gasteiger partial charge in [0.15, 0.2) is 0 Å². The Balaban J connectivity index is 4.01. The quantitative estimate of drug-likeness (QED) is 0.556. The van der Waals surface area contributed by atoms with E-state index in [1.165, 1.54) is 0 Å². The maximum atomic E-state index is 8.65. The Labute approximate surface area is 57.7 Å². The summed E-state index contributed by atoms with van der Waals surface area (Å²) in [5.74, 6) is 0.502. The van der Waals surface area contributed by atoms with Crippen molar-refractivity contribution in [3.63, 3.8) is 0 Å². The van der Waals surface area contributed by atoms with E-state index in [4.69, 9.17) is 5.26 Å². The van der Waals surface area contributed by atoms with E-state index in [2.05, 4.69) is 19.9 Å². The summed E-state index contributed by atoms with van der Waals surface area (Å²) < 4.78 is 0. The van der Waals surface area contributed by atoms with Gasteiger partial charge in [0.25, 0.3) is 0 Å². The van der Waals surface area contributed by atoms with Gasteiger partial charge in [0.2, 0.25) is 0 Å². The Kier molecular flexibility index (Phi) is 2.70. The van der Waals surface area contributed by atoms with E-state index in [-0.39, 0.29) is 5.41 Å². The van der Waals surface area contributed by atoms with E-state index in [9.17, 15) is 0 Å². The summed E-state index contributed by atoms with van der Waals surface area (Å²) in [4.78, 5) is 0. The molecule has 0 spiro atoms. The molecule has 0 aliphatic rings. The third kappa shape index (κ3) is 2.05. The minimum absolute atomic E-state index is 0.144. The lowest BCUT2D eigenvalue weighted by Crippen LogP contribution is -2.18. The SMILES string of the molecule is CCC(C)C(C)(C)C#N. The minimum Gasteiger partial charge on any atom is -0.198 e. The third-order valence-corrected chi connectivity index (χ3v) is 2.13. The van der Waals surface area contributed by atoms with Gasteiger partial charge in [0, 0.05) is 0 Å². The molecular formula is C8H15N. The third-order valence-electron chi connectivity index (χ3n) is 2.13. The molecule has 0 aromatic carbocycles. The van der Waals surface area contributed by atoms with Crippen molar-refractivity contribution in [3.8, 4) is 6.07 Å². The van der Waals surface area contributed by atoms with Crippen molar-refractivity contribution in [1.29, 1.82) is 5.26 Å². The van der Waals surface area contributed by atoms with E-state index < -0.39 is 0 Å². The van der Waals surface area contributed by atoms with Gasteiger partial charge in [0.05, 0.1) is 11.5 Å². The molecule has 1 heteroatoms. The minimum atomic E-state index is -0.144. The second kappa shape index (κ2) is 2.87. The number of hydrogen-bond acceptors (Lipinski definition) is 1. The Morgan fingerprint density at radius 2 is 2.00 bits per heavy atom. The van der Waals surface area contributed by atoms with Crippen molar-refractivity contribution in [1.82, 2.24) is 0 Å². The molecule has 52 valence electrons. The van der Waals surface area contributed by atoms with Gasteiger partial charge < -0.3 is 0 Å². The molecule has 0 amide bonds. The van der Waals surface area contributed by atoms with E-state index in [0.29, 0.717) is 5.92 Å². The van der Waals surface area contributed by atoms with Crippen LogP contribution in [0.1, 0.15) is 34.1 Å². The summed E-state index contributed by atoms with van der Waals surface area (Å²) in [7, 11) is 0. The number of hydrogen-bond donors (Lipinski definition) is 0. The van der Waals surface area contributed by atoms with Gasteiger partial charge >= 0.3 is 0 Å². The standard InChI is InChI=1S/C8H15N/c1-5-7(2)8(3,4)6-9/h7H,5H2,1-4H3. The first-order valence-electron chi connectivity index (χ1n) is 3.45. The first-order chi connectivity index (χ1) is 4.04. The molecule has 1 nitrogen and oxygen atoms in total. The van der Waals surface area contributed by atoms with Crippen LogP contribution in [-0.2, 0) is 0 Å². The Morgan fingerprint density at radius 3 is 2.11 bits per heavy atom. The second-order valence-corrected chi connectivity index (χ2v) is 3.14. The van der Waals surface area contributed by atoms with Crippen LogP contribution in [0.25, 0.3) is 0 Å². The topological polar surface area (TPSA) is 23.8 Å². The van der Waals surface area contributed by atoms with Crippen molar-refractivity contribution >= 4 is 0 Å². The zero-order valence-corrected chi connectivity index (χ0v) is 6.73. The van der Waals surface area contributed by atoms with Crippen LogP contribution < -0.4 is 0 Å². The highest BCUT2D eigenvalue weighted by Gasteiger charge is 2.23. The lowest BCUT2D eigenvalue weighted by molar-refractivity contribution is 0.310. The number of nitriles is 1. The molecule has 0 fully saturated rings. The van der Waals surface area contributed by atoms with Crippen molar-refractivity contribution < 1.29 is 0 Å². The molecule has 1 unspecified atom stereocenters. The molecule has 0 radical (unpaired) electrons. The molecule has 0 aliphatic carbocycles. The van der Waals surface area contributed by atoms with Crippen LogP contribution >= 0.6 is 0 Å². The van der Waals surface area contributed by atoms with Gasteiger partial charge in [-0.2, -0.15) is 5.26 Å². The summed E-state index contributed by atoms with van der Waals surface area (Å²) in [6, 6.07) is 2.29. The van der Waals surface area contributed by atoms with Gasteiger partial charge in [0.1, 0.15) is 0 Å². The fraction of sp³-hybridized carbons (Fsp3) is 0.875. The van der Waals surface area contributed by atoms with Crippen molar-refractivity contribution in [2.75, 3.05) is 0 Å². The summed E-state index contributed by atoms with van der Waals surface area (Å²) in [5, 5.41) is 8.65. The van der Waals surface area contributed by atoms with Crippen LogP contribution in [0.3, 0.4) is 0 Å². The number of rotatable bonds is 2. The van der Waals surface area contributed by atoms with E-state index in [1.54, 1.807) is 0 Å². The van der Waals surface area contributed by atoms with E-state index in [0.717, 1.165) is 6.42 Å². The molecule has 0 bridgehead atoms. The molecule has 0 rings (SSSR count). The molecule has 0 aromatic heterocycles. The fourth-order valence-corrected chi connectivity index (χ4v) is 0.621. The summed E-state index contributed by atoms with van der Waals surface area (Å²) in [6.07, 6.45) is 1.08. The van der Waals surface area contributed by atoms with Gasteiger partial charge in [-0.3, -0.25) is 0 Å². The first-order valence-corrected chi connectivity index (χ1v) is 3.45. The Morgan fingerprint density at radius 1 is 1.56 bits per heavy atom. The van der Waals surface area contributed by atoms with Crippen LogP contribution in [0.15, 0.2) is 0 Å². The molecule has 0 saturated carbocycles. The summed E-state index contributed by atoms with van der Waals surface area (Å²) in [5.41, 5.74) is -0.144. The molecule has 0 saturated heterocycles. The van der Waals surface area contributed by atoms with Crippen molar-refractivity contribution in [3.05, 3.63) is 0 Å². The number of nitrogens with zero attached hydrogens (tertiary/aromatic N) is 1. The van der Waals surface area contributed by atoms with Crippen LogP contribution in [0.4, 0.5) is 0 Å². The average molecular weight is 125 g/mol. The summed E-state index contributed by atoms with van der Waals surface area (Å²) in [6.45, 7) is 8.20.